The molecule has 3 saturated carbocycles. The summed E-state index contributed by atoms with van der Waals surface area (Å²) in [5.74, 6) is 7.31. The summed E-state index contributed by atoms with van der Waals surface area (Å²) < 4.78 is 0.849. The first kappa shape index (κ1) is 20.3. The van der Waals surface area contributed by atoms with Crippen LogP contribution in [0, 0.1) is 40.4 Å². The van der Waals surface area contributed by atoms with Crippen LogP contribution in [-0.4, -0.2) is 27.3 Å². The molecule has 5 rings (SSSR count). The maximum Gasteiger partial charge on any atom is 0.0577 e. The van der Waals surface area contributed by atoms with Gasteiger partial charge in [0.2, 0.25) is 0 Å². The highest BCUT2D eigenvalue weighted by Crippen LogP contribution is 2.67. The van der Waals surface area contributed by atoms with Gasteiger partial charge in [-0.25, -0.2) is 0 Å². The summed E-state index contributed by atoms with van der Waals surface area (Å²) in [4.78, 5) is 0. The summed E-state index contributed by atoms with van der Waals surface area (Å²) >= 11 is 4.53. The summed E-state index contributed by atoms with van der Waals surface area (Å²) in [5.41, 5.74) is 2.59. The fraction of sp³-hybridized carbons (Fsp3) is 0.920. The van der Waals surface area contributed by atoms with Gasteiger partial charge in [0.25, 0.3) is 0 Å². The number of fused-ring (bicyclic) bond motifs is 5. The van der Waals surface area contributed by atoms with Gasteiger partial charge in [-0.05, 0) is 110 Å². The van der Waals surface area contributed by atoms with Crippen molar-refractivity contribution in [2.24, 2.45) is 40.4 Å². The van der Waals surface area contributed by atoms with Crippen molar-refractivity contribution in [3.8, 4) is 0 Å². The van der Waals surface area contributed by atoms with Crippen LogP contribution in [0.3, 0.4) is 0 Å². The predicted molar refractivity (Wildman–Crippen MR) is 124 cm³/mol. The molecule has 4 aliphatic carbocycles. The van der Waals surface area contributed by atoms with Crippen molar-refractivity contribution in [2.75, 3.05) is 11.5 Å². The van der Waals surface area contributed by atoms with Crippen LogP contribution in [-0.2, 0) is 0 Å². The molecule has 0 bridgehead atoms. The highest BCUT2D eigenvalue weighted by atomic mass is 32.2. The molecule has 0 unspecified atom stereocenters. The molecule has 0 amide bonds. The lowest BCUT2D eigenvalue weighted by molar-refractivity contribution is -0.0557. The van der Waals surface area contributed by atoms with Gasteiger partial charge < -0.3 is 5.11 Å². The lowest BCUT2D eigenvalue weighted by Gasteiger charge is -2.58. The molecule has 5 aliphatic rings. The van der Waals surface area contributed by atoms with E-state index in [9.17, 15) is 5.11 Å². The van der Waals surface area contributed by atoms with Gasteiger partial charge in [0.05, 0.1) is 10.7 Å². The quantitative estimate of drug-likeness (QED) is 0.498. The van der Waals surface area contributed by atoms with E-state index in [1.54, 1.807) is 5.57 Å². The predicted octanol–water partition coefficient (Wildman–Crippen LogP) is 6.76. The van der Waals surface area contributed by atoms with Crippen LogP contribution in [0.2, 0.25) is 0 Å². The lowest BCUT2D eigenvalue weighted by Crippen LogP contribution is -2.51. The number of rotatable bonds is 2. The fourth-order valence-electron chi connectivity index (χ4n) is 8.55. The van der Waals surface area contributed by atoms with E-state index in [0.29, 0.717) is 10.8 Å². The second-order valence-corrected chi connectivity index (χ2v) is 14.0. The van der Waals surface area contributed by atoms with Crippen LogP contribution in [0.5, 0.6) is 0 Å². The molecular weight excluding hydrogens is 380 g/mol. The van der Waals surface area contributed by atoms with Gasteiger partial charge in [0.1, 0.15) is 0 Å². The molecule has 1 N–H and O–H groups in total. The average molecular weight is 421 g/mol. The third-order valence-corrected chi connectivity index (χ3v) is 13.4. The Labute approximate surface area is 181 Å². The topological polar surface area (TPSA) is 20.2 Å². The van der Waals surface area contributed by atoms with E-state index in [4.69, 9.17) is 0 Å². The van der Waals surface area contributed by atoms with Gasteiger partial charge in [-0.3, -0.25) is 0 Å². The monoisotopic (exact) mass is 420 g/mol. The number of thioether (sulfide) groups is 2. The van der Waals surface area contributed by atoms with Crippen LogP contribution in [0.1, 0.15) is 78.6 Å². The van der Waals surface area contributed by atoms with E-state index in [0.717, 1.165) is 47.0 Å². The summed E-state index contributed by atoms with van der Waals surface area (Å²) in [6.45, 7) is 7.87. The summed E-state index contributed by atoms with van der Waals surface area (Å²) in [7, 11) is 0. The molecule has 1 nitrogen and oxygen atoms in total. The molecule has 4 fully saturated rings. The van der Waals surface area contributed by atoms with E-state index in [1.165, 1.54) is 56.5 Å². The Kier molecular flexibility index (Phi) is 5.45. The minimum atomic E-state index is -0.0769. The smallest absolute Gasteiger partial charge is 0.0577 e. The van der Waals surface area contributed by atoms with Gasteiger partial charge in [-0.2, -0.15) is 0 Å². The zero-order chi connectivity index (χ0) is 19.5. The highest BCUT2D eigenvalue weighted by molar-refractivity contribution is 8.17. The molecule has 0 radical (unpaired) electrons. The SMILES string of the molecule is C[C@@H](C1SCCCS1)[C@H]1CC[C@H]2[C@@H]3CC=C4C[C@@H](O)CC[C@]4(C)[C@H]3CC[C@]12C. The lowest BCUT2D eigenvalue weighted by atomic mass is 9.47. The van der Waals surface area contributed by atoms with Crippen molar-refractivity contribution in [3.05, 3.63) is 11.6 Å². The Balaban J connectivity index is 1.38. The molecule has 0 spiro atoms. The van der Waals surface area contributed by atoms with Gasteiger partial charge in [-0.1, -0.05) is 32.4 Å². The minimum Gasteiger partial charge on any atom is -0.393 e. The van der Waals surface area contributed by atoms with E-state index in [-0.39, 0.29) is 6.10 Å². The van der Waals surface area contributed by atoms with Crippen LogP contribution in [0.15, 0.2) is 11.6 Å². The Hall–Kier alpha value is 0.400. The zero-order valence-electron chi connectivity index (χ0n) is 18.2. The Bertz CT molecular complexity index is 626. The largest absolute Gasteiger partial charge is 0.393 e. The van der Waals surface area contributed by atoms with Gasteiger partial charge in [-0.15, -0.1) is 23.5 Å². The second kappa shape index (κ2) is 7.52. The van der Waals surface area contributed by atoms with Gasteiger partial charge >= 0.3 is 0 Å². The molecule has 0 aromatic heterocycles. The molecule has 0 aromatic rings. The number of aliphatic hydroxyl groups excluding tert-OH is 1. The van der Waals surface area contributed by atoms with Gasteiger partial charge in [0.15, 0.2) is 0 Å². The maximum absolute atomic E-state index is 10.2. The maximum atomic E-state index is 10.2. The normalized spacial score (nSPS) is 50.3. The van der Waals surface area contributed by atoms with E-state index >= 15 is 0 Å². The molecule has 8 atom stereocenters. The van der Waals surface area contributed by atoms with E-state index in [2.05, 4.69) is 50.4 Å². The van der Waals surface area contributed by atoms with Crippen molar-refractivity contribution in [1.29, 1.82) is 0 Å². The Morgan fingerprint density at radius 1 is 1.04 bits per heavy atom. The number of allylic oxidation sites excluding steroid dienone is 1. The molecular formula is C25H40OS2. The number of hydrogen-bond donors (Lipinski definition) is 1. The van der Waals surface area contributed by atoms with Crippen molar-refractivity contribution in [2.45, 2.75) is 89.2 Å². The summed E-state index contributed by atoms with van der Waals surface area (Å²) in [6, 6.07) is 0. The van der Waals surface area contributed by atoms with E-state index < -0.39 is 0 Å². The van der Waals surface area contributed by atoms with Crippen molar-refractivity contribution in [3.63, 3.8) is 0 Å². The fourth-order valence-corrected chi connectivity index (χ4v) is 11.8. The van der Waals surface area contributed by atoms with Gasteiger partial charge in [0, 0.05) is 0 Å². The highest BCUT2D eigenvalue weighted by Gasteiger charge is 2.59. The molecule has 3 heteroatoms. The molecule has 0 aromatic carbocycles. The molecule has 1 saturated heterocycles. The van der Waals surface area contributed by atoms with Crippen LogP contribution >= 0.6 is 23.5 Å². The Morgan fingerprint density at radius 2 is 1.82 bits per heavy atom. The standard InChI is InChI=1S/C25H40OS2/c1-16(23-27-13-4-14-28-23)20-7-8-21-19-6-5-17-15-18(26)9-11-24(17,2)22(19)10-12-25(20,21)3/h5,16,18-23,26H,4,6-15H2,1-3H3/t16-,18+,19+,20-,21+,22+,24+,25-/m1/s1. The first-order chi connectivity index (χ1) is 13.4. The summed E-state index contributed by atoms with van der Waals surface area (Å²) in [5, 5.41) is 10.2. The molecule has 1 heterocycles. The number of aliphatic hydroxyl groups is 1. The van der Waals surface area contributed by atoms with Crippen LogP contribution < -0.4 is 0 Å². The molecule has 28 heavy (non-hydrogen) atoms. The minimum absolute atomic E-state index is 0.0769. The summed E-state index contributed by atoms with van der Waals surface area (Å²) in [6.07, 6.45) is 14.3. The molecule has 158 valence electrons. The zero-order valence-corrected chi connectivity index (χ0v) is 19.8. The van der Waals surface area contributed by atoms with Crippen molar-refractivity contribution >= 4 is 23.5 Å². The second-order valence-electron chi connectivity index (χ2n) is 11.2. The first-order valence-electron chi connectivity index (χ1n) is 12.0. The third kappa shape index (κ3) is 3.08. The van der Waals surface area contributed by atoms with Crippen molar-refractivity contribution in [1.82, 2.24) is 0 Å². The van der Waals surface area contributed by atoms with Crippen molar-refractivity contribution < 1.29 is 5.11 Å². The average Bonchev–Trinajstić information content (AvgIpc) is 3.06. The van der Waals surface area contributed by atoms with Crippen LogP contribution in [0.4, 0.5) is 0 Å². The van der Waals surface area contributed by atoms with E-state index in [1.807, 2.05) is 0 Å². The molecule has 1 aliphatic heterocycles. The third-order valence-electron chi connectivity index (χ3n) is 10.1. The van der Waals surface area contributed by atoms with Crippen LogP contribution in [0.25, 0.3) is 0 Å². The number of hydrogen-bond acceptors (Lipinski definition) is 3. The first-order valence-corrected chi connectivity index (χ1v) is 14.1. The Morgan fingerprint density at radius 3 is 2.61 bits per heavy atom.